The van der Waals surface area contributed by atoms with E-state index in [1.54, 1.807) is 19.4 Å². The lowest BCUT2D eigenvalue weighted by Crippen LogP contribution is -2.09. The molecule has 29 heavy (non-hydrogen) atoms. The summed E-state index contributed by atoms with van der Waals surface area (Å²) in [5, 5.41) is 2.91. The van der Waals surface area contributed by atoms with E-state index in [4.69, 9.17) is 9.47 Å². The minimum atomic E-state index is -0.153. The van der Waals surface area contributed by atoms with E-state index in [0.717, 1.165) is 16.2 Å². The summed E-state index contributed by atoms with van der Waals surface area (Å²) in [6.07, 6.45) is 1.73. The van der Waals surface area contributed by atoms with Crippen LogP contribution >= 0.6 is 11.3 Å². The Morgan fingerprint density at radius 3 is 2.34 bits per heavy atom. The number of aromatic nitrogens is 1. The Labute approximate surface area is 172 Å². The number of nitrogens with one attached hydrogen (secondary N) is 1. The third-order valence-corrected chi connectivity index (χ3v) is 5.28. The largest absolute Gasteiger partial charge is 0.481 e. The maximum absolute atomic E-state index is 12.6. The van der Waals surface area contributed by atoms with Crippen molar-refractivity contribution in [3.63, 3.8) is 0 Å². The van der Waals surface area contributed by atoms with Gasteiger partial charge < -0.3 is 14.8 Å². The average Bonchev–Trinajstić information content (AvgIpc) is 3.26. The third-order valence-electron chi connectivity index (χ3n) is 4.15. The number of carbonyl (C=O) groups excluding carboxylic acids is 1. The number of hydrogen-bond acceptors (Lipinski definition) is 5. The highest BCUT2D eigenvalue weighted by atomic mass is 32.1. The third kappa shape index (κ3) is 4.62. The molecule has 0 fully saturated rings. The van der Waals surface area contributed by atoms with Crippen molar-refractivity contribution < 1.29 is 14.3 Å². The first-order valence-corrected chi connectivity index (χ1v) is 9.77. The van der Waals surface area contributed by atoms with Crippen LogP contribution in [0.15, 0.2) is 85.1 Å². The first kappa shape index (κ1) is 18.7. The van der Waals surface area contributed by atoms with E-state index in [0.29, 0.717) is 22.2 Å². The summed E-state index contributed by atoms with van der Waals surface area (Å²) in [5.41, 5.74) is 1.65. The predicted molar refractivity (Wildman–Crippen MR) is 115 cm³/mol. The standard InChI is InChI=1S/C23H18N2O3S/c1-27-22-14-7-16(15-24-22)20-12-13-21(29-20)23(26)25-17-8-10-19(11-9-17)28-18-5-3-2-4-6-18/h2-15H,1H3,(H,25,26). The van der Waals surface area contributed by atoms with E-state index in [2.05, 4.69) is 10.3 Å². The molecule has 0 atom stereocenters. The summed E-state index contributed by atoms with van der Waals surface area (Å²) in [7, 11) is 1.58. The molecule has 0 spiro atoms. The van der Waals surface area contributed by atoms with Crippen LogP contribution in [0.5, 0.6) is 17.4 Å². The van der Waals surface area contributed by atoms with Gasteiger partial charge in [0, 0.05) is 28.4 Å². The molecule has 0 bridgehead atoms. The molecule has 0 aliphatic carbocycles. The van der Waals surface area contributed by atoms with Crippen LogP contribution in [-0.2, 0) is 0 Å². The van der Waals surface area contributed by atoms with Gasteiger partial charge >= 0.3 is 0 Å². The smallest absolute Gasteiger partial charge is 0.265 e. The molecule has 0 radical (unpaired) electrons. The highest BCUT2D eigenvalue weighted by molar-refractivity contribution is 7.17. The fourth-order valence-electron chi connectivity index (χ4n) is 2.69. The fourth-order valence-corrected chi connectivity index (χ4v) is 3.58. The van der Waals surface area contributed by atoms with Crippen molar-refractivity contribution in [3.8, 4) is 27.8 Å². The summed E-state index contributed by atoms with van der Waals surface area (Å²) < 4.78 is 10.8. The number of anilines is 1. The van der Waals surface area contributed by atoms with Gasteiger partial charge in [-0.3, -0.25) is 4.79 Å². The monoisotopic (exact) mass is 402 g/mol. The van der Waals surface area contributed by atoms with Crippen molar-refractivity contribution in [2.75, 3.05) is 12.4 Å². The van der Waals surface area contributed by atoms with Gasteiger partial charge in [-0.15, -0.1) is 11.3 Å². The number of methoxy groups -OCH3 is 1. The Morgan fingerprint density at radius 2 is 1.66 bits per heavy atom. The first-order chi connectivity index (χ1) is 14.2. The Morgan fingerprint density at radius 1 is 0.897 bits per heavy atom. The van der Waals surface area contributed by atoms with Gasteiger partial charge in [0.2, 0.25) is 5.88 Å². The van der Waals surface area contributed by atoms with E-state index in [1.807, 2.05) is 72.8 Å². The van der Waals surface area contributed by atoms with Crippen molar-refractivity contribution in [2.45, 2.75) is 0 Å². The Bertz CT molecular complexity index is 1090. The SMILES string of the molecule is COc1ccc(-c2ccc(C(=O)Nc3ccc(Oc4ccccc4)cc3)s2)cn1. The van der Waals surface area contributed by atoms with Crippen LogP contribution in [0.4, 0.5) is 5.69 Å². The molecule has 5 nitrogen and oxygen atoms in total. The van der Waals surface area contributed by atoms with Crippen LogP contribution in [0.1, 0.15) is 9.67 Å². The van der Waals surface area contributed by atoms with Gasteiger partial charge in [-0.05, 0) is 54.6 Å². The summed E-state index contributed by atoms with van der Waals surface area (Å²) >= 11 is 1.41. The van der Waals surface area contributed by atoms with Gasteiger partial charge in [0.05, 0.1) is 12.0 Å². The van der Waals surface area contributed by atoms with Crippen LogP contribution < -0.4 is 14.8 Å². The predicted octanol–water partition coefficient (Wildman–Crippen LogP) is 5.86. The number of ether oxygens (including phenoxy) is 2. The minimum absolute atomic E-state index is 0.153. The van der Waals surface area contributed by atoms with Gasteiger partial charge in [-0.2, -0.15) is 0 Å². The van der Waals surface area contributed by atoms with E-state index < -0.39 is 0 Å². The number of amides is 1. The van der Waals surface area contributed by atoms with E-state index in [9.17, 15) is 4.79 Å². The molecule has 1 amide bonds. The van der Waals surface area contributed by atoms with Gasteiger partial charge in [0.1, 0.15) is 11.5 Å². The van der Waals surface area contributed by atoms with Gasteiger partial charge in [-0.25, -0.2) is 4.98 Å². The molecule has 0 unspecified atom stereocenters. The first-order valence-electron chi connectivity index (χ1n) is 8.96. The lowest BCUT2D eigenvalue weighted by molar-refractivity contribution is 0.103. The summed E-state index contributed by atoms with van der Waals surface area (Å²) in [5.74, 6) is 1.88. The molecule has 0 saturated carbocycles. The second kappa shape index (κ2) is 8.58. The Kier molecular flexibility index (Phi) is 5.54. The molecule has 2 heterocycles. The van der Waals surface area contributed by atoms with Crippen molar-refractivity contribution in [1.29, 1.82) is 0 Å². The minimum Gasteiger partial charge on any atom is -0.481 e. The second-order valence-electron chi connectivity index (χ2n) is 6.15. The number of thiophene rings is 1. The van der Waals surface area contributed by atoms with Crippen LogP contribution in [0, 0.1) is 0 Å². The molecule has 2 aromatic heterocycles. The quantitative estimate of drug-likeness (QED) is 0.439. The van der Waals surface area contributed by atoms with Crippen molar-refractivity contribution in [2.24, 2.45) is 0 Å². The van der Waals surface area contributed by atoms with E-state index in [-0.39, 0.29) is 5.91 Å². The van der Waals surface area contributed by atoms with Crippen molar-refractivity contribution in [1.82, 2.24) is 4.98 Å². The van der Waals surface area contributed by atoms with Crippen LogP contribution in [0.3, 0.4) is 0 Å². The number of hydrogen-bond donors (Lipinski definition) is 1. The second-order valence-corrected chi connectivity index (χ2v) is 7.23. The maximum Gasteiger partial charge on any atom is 0.265 e. The lowest BCUT2D eigenvalue weighted by atomic mass is 10.2. The molecule has 0 aliphatic heterocycles. The van der Waals surface area contributed by atoms with Crippen molar-refractivity contribution >= 4 is 22.9 Å². The van der Waals surface area contributed by atoms with Crippen LogP contribution in [0.25, 0.3) is 10.4 Å². The number of carbonyl (C=O) groups is 1. The summed E-state index contributed by atoms with van der Waals surface area (Å²) in [6.45, 7) is 0. The van der Waals surface area contributed by atoms with E-state index >= 15 is 0 Å². The van der Waals surface area contributed by atoms with Gasteiger partial charge in [-0.1, -0.05) is 18.2 Å². The Balaban J connectivity index is 1.41. The van der Waals surface area contributed by atoms with Crippen molar-refractivity contribution in [3.05, 3.63) is 89.9 Å². The average molecular weight is 402 g/mol. The summed E-state index contributed by atoms with van der Waals surface area (Å²) in [6, 6.07) is 24.3. The summed E-state index contributed by atoms with van der Waals surface area (Å²) in [4.78, 5) is 18.4. The van der Waals surface area contributed by atoms with Crippen LogP contribution in [-0.4, -0.2) is 18.0 Å². The Hall–Kier alpha value is -3.64. The molecule has 2 aromatic carbocycles. The highest BCUT2D eigenvalue weighted by Gasteiger charge is 2.11. The zero-order valence-electron chi connectivity index (χ0n) is 15.7. The molecular weight excluding hydrogens is 384 g/mol. The fraction of sp³-hybridized carbons (Fsp3) is 0.0435. The molecular formula is C23H18N2O3S. The zero-order valence-corrected chi connectivity index (χ0v) is 16.5. The molecule has 144 valence electrons. The lowest BCUT2D eigenvalue weighted by Gasteiger charge is -2.07. The van der Waals surface area contributed by atoms with Gasteiger partial charge in [0.15, 0.2) is 0 Å². The number of rotatable bonds is 6. The molecule has 6 heteroatoms. The normalized spacial score (nSPS) is 10.4. The number of nitrogens with zero attached hydrogens (tertiary/aromatic N) is 1. The molecule has 4 rings (SSSR count). The number of para-hydroxylation sites is 1. The number of benzene rings is 2. The number of pyridine rings is 1. The molecule has 1 N–H and O–H groups in total. The maximum atomic E-state index is 12.6. The highest BCUT2D eigenvalue weighted by Crippen LogP contribution is 2.29. The van der Waals surface area contributed by atoms with E-state index in [1.165, 1.54) is 11.3 Å². The van der Waals surface area contributed by atoms with Crippen LogP contribution in [0.2, 0.25) is 0 Å². The van der Waals surface area contributed by atoms with Gasteiger partial charge in [0.25, 0.3) is 5.91 Å². The molecule has 4 aromatic rings. The topological polar surface area (TPSA) is 60.5 Å². The molecule has 0 saturated heterocycles. The molecule has 0 aliphatic rings. The zero-order chi connectivity index (χ0) is 20.1.